The van der Waals surface area contributed by atoms with Gasteiger partial charge in [-0.05, 0) is 18.6 Å². The molecule has 2 atom stereocenters. The highest BCUT2D eigenvalue weighted by molar-refractivity contribution is 7.84. The summed E-state index contributed by atoms with van der Waals surface area (Å²) < 4.78 is 11.1. The summed E-state index contributed by atoms with van der Waals surface area (Å²) in [4.78, 5) is 26.0. The van der Waals surface area contributed by atoms with Gasteiger partial charge in [0.05, 0.1) is 5.56 Å². The summed E-state index contributed by atoms with van der Waals surface area (Å²) in [6, 6.07) is 2.69. The number of nitrogens with one attached hydrogen (secondary N) is 1. The van der Waals surface area contributed by atoms with Gasteiger partial charge >= 0.3 is 5.97 Å². The standard InChI is InChI=1S/C12H16N2O4S/c1-8(19(2)18)5-6-13-11(15)9-3-4-10(12(16)17)14-7-9/h3-4,7-8H,5-6H2,1-2H3,(H,13,15)(H,16,17). The molecule has 1 heterocycles. The molecule has 1 aromatic rings. The molecule has 2 unspecified atom stereocenters. The van der Waals surface area contributed by atoms with Crippen molar-refractivity contribution in [3.05, 3.63) is 29.6 Å². The average Bonchev–Trinajstić information content (AvgIpc) is 2.38. The highest BCUT2D eigenvalue weighted by Gasteiger charge is 2.10. The first-order chi connectivity index (χ1) is 8.91. The number of carbonyl (C=O) groups excluding carboxylic acids is 1. The van der Waals surface area contributed by atoms with Crippen LogP contribution >= 0.6 is 0 Å². The van der Waals surface area contributed by atoms with Crippen molar-refractivity contribution in [2.24, 2.45) is 0 Å². The van der Waals surface area contributed by atoms with Gasteiger partial charge in [0, 0.05) is 35.0 Å². The Morgan fingerprint density at radius 1 is 1.47 bits per heavy atom. The number of carbonyl (C=O) groups is 2. The van der Waals surface area contributed by atoms with E-state index in [9.17, 15) is 13.8 Å². The maximum atomic E-state index is 11.7. The molecule has 0 bridgehead atoms. The molecule has 0 saturated heterocycles. The van der Waals surface area contributed by atoms with Crippen LogP contribution in [-0.2, 0) is 10.8 Å². The number of pyridine rings is 1. The van der Waals surface area contributed by atoms with Gasteiger partial charge < -0.3 is 10.4 Å². The van der Waals surface area contributed by atoms with E-state index in [1.807, 2.05) is 6.92 Å². The van der Waals surface area contributed by atoms with Gasteiger partial charge in [-0.1, -0.05) is 6.92 Å². The molecule has 0 aliphatic heterocycles. The van der Waals surface area contributed by atoms with Crippen molar-refractivity contribution >= 4 is 22.7 Å². The van der Waals surface area contributed by atoms with E-state index in [-0.39, 0.29) is 16.9 Å². The maximum Gasteiger partial charge on any atom is 0.354 e. The summed E-state index contributed by atoms with van der Waals surface area (Å²) in [6.45, 7) is 2.27. The maximum absolute atomic E-state index is 11.7. The number of aromatic carboxylic acids is 1. The predicted octanol–water partition coefficient (Wildman–Crippen LogP) is 0.667. The van der Waals surface area contributed by atoms with E-state index < -0.39 is 16.8 Å². The summed E-state index contributed by atoms with van der Waals surface area (Å²) >= 11 is 0. The Morgan fingerprint density at radius 2 is 2.16 bits per heavy atom. The minimum Gasteiger partial charge on any atom is -0.477 e. The summed E-state index contributed by atoms with van der Waals surface area (Å²) in [5.41, 5.74) is 0.196. The van der Waals surface area contributed by atoms with Crippen molar-refractivity contribution in [2.75, 3.05) is 12.8 Å². The van der Waals surface area contributed by atoms with E-state index in [0.29, 0.717) is 18.5 Å². The normalized spacial score (nSPS) is 13.6. The van der Waals surface area contributed by atoms with E-state index in [1.165, 1.54) is 18.3 Å². The second-order valence-corrected chi connectivity index (χ2v) is 5.89. The number of carboxylic acids is 1. The molecule has 2 N–H and O–H groups in total. The van der Waals surface area contributed by atoms with Crippen LogP contribution in [0.3, 0.4) is 0 Å². The number of amides is 1. The molecule has 0 spiro atoms. The molecule has 104 valence electrons. The van der Waals surface area contributed by atoms with Gasteiger partial charge in [-0.2, -0.15) is 0 Å². The Balaban J connectivity index is 2.50. The third-order valence-corrected chi connectivity index (χ3v) is 4.02. The molecule has 19 heavy (non-hydrogen) atoms. The van der Waals surface area contributed by atoms with Gasteiger partial charge in [0.2, 0.25) is 0 Å². The molecule has 0 radical (unpaired) electrons. The van der Waals surface area contributed by atoms with Crippen LogP contribution in [0, 0.1) is 0 Å². The molecule has 1 aromatic heterocycles. The third kappa shape index (κ3) is 4.78. The first-order valence-corrected chi connectivity index (χ1v) is 7.33. The predicted molar refractivity (Wildman–Crippen MR) is 71.7 cm³/mol. The van der Waals surface area contributed by atoms with Gasteiger partial charge in [0.25, 0.3) is 5.91 Å². The van der Waals surface area contributed by atoms with Crippen LogP contribution in [0.1, 0.15) is 34.2 Å². The molecule has 0 aliphatic carbocycles. The number of hydrogen-bond donors (Lipinski definition) is 2. The lowest BCUT2D eigenvalue weighted by molar-refractivity contribution is 0.0689. The van der Waals surface area contributed by atoms with Crippen LogP contribution in [0.5, 0.6) is 0 Å². The lowest BCUT2D eigenvalue weighted by Gasteiger charge is -2.09. The number of hydrogen-bond acceptors (Lipinski definition) is 4. The molecule has 0 fully saturated rings. The minimum absolute atomic E-state index is 0.0211. The molecule has 6 nitrogen and oxygen atoms in total. The van der Waals surface area contributed by atoms with Crippen LogP contribution in [0.4, 0.5) is 0 Å². The Hall–Kier alpha value is -1.76. The number of carboxylic acid groups (broad SMARTS) is 1. The summed E-state index contributed by atoms with van der Waals surface area (Å²) in [5.74, 6) is -1.45. The summed E-state index contributed by atoms with van der Waals surface area (Å²) in [7, 11) is -0.907. The molecule has 0 saturated carbocycles. The van der Waals surface area contributed by atoms with Crippen molar-refractivity contribution in [2.45, 2.75) is 18.6 Å². The first-order valence-electron chi connectivity index (χ1n) is 5.71. The van der Waals surface area contributed by atoms with Gasteiger partial charge in [0.1, 0.15) is 5.69 Å². The largest absolute Gasteiger partial charge is 0.477 e. The Labute approximate surface area is 113 Å². The Kier molecular flexibility index (Phi) is 5.62. The SMILES string of the molecule is CC(CCNC(=O)c1ccc(C(=O)O)nc1)S(C)=O. The van der Waals surface area contributed by atoms with Gasteiger partial charge in [-0.3, -0.25) is 9.00 Å². The van der Waals surface area contributed by atoms with E-state index in [1.54, 1.807) is 6.26 Å². The zero-order valence-electron chi connectivity index (χ0n) is 10.8. The third-order valence-electron chi connectivity index (χ3n) is 2.65. The number of rotatable bonds is 6. The van der Waals surface area contributed by atoms with E-state index >= 15 is 0 Å². The monoisotopic (exact) mass is 284 g/mol. The minimum atomic E-state index is -1.13. The highest BCUT2D eigenvalue weighted by atomic mass is 32.2. The fourth-order valence-electron chi connectivity index (χ4n) is 1.31. The molecular formula is C12H16N2O4S. The van der Waals surface area contributed by atoms with Crippen LogP contribution in [-0.4, -0.2) is 44.2 Å². The van der Waals surface area contributed by atoms with Gasteiger partial charge in [-0.25, -0.2) is 9.78 Å². The van der Waals surface area contributed by atoms with Gasteiger partial charge in [-0.15, -0.1) is 0 Å². The van der Waals surface area contributed by atoms with E-state index in [2.05, 4.69) is 10.3 Å². The van der Waals surface area contributed by atoms with Crippen LogP contribution in [0.25, 0.3) is 0 Å². The smallest absolute Gasteiger partial charge is 0.354 e. The second kappa shape index (κ2) is 6.98. The lowest BCUT2D eigenvalue weighted by Crippen LogP contribution is -2.27. The molecule has 7 heteroatoms. The molecule has 1 rings (SSSR count). The zero-order valence-corrected chi connectivity index (χ0v) is 11.6. The Bertz CT molecular complexity index is 487. The molecule has 0 aromatic carbocycles. The molecule has 1 amide bonds. The topological polar surface area (TPSA) is 96.4 Å². The molecule has 0 aliphatic rings. The van der Waals surface area contributed by atoms with Crippen molar-refractivity contribution in [3.8, 4) is 0 Å². The van der Waals surface area contributed by atoms with Crippen molar-refractivity contribution in [3.63, 3.8) is 0 Å². The lowest BCUT2D eigenvalue weighted by atomic mass is 10.2. The average molecular weight is 284 g/mol. The van der Waals surface area contributed by atoms with E-state index in [0.717, 1.165) is 0 Å². The summed E-state index contributed by atoms with van der Waals surface area (Å²) in [6.07, 6.45) is 3.47. The second-order valence-electron chi connectivity index (χ2n) is 4.09. The van der Waals surface area contributed by atoms with Crippen molar-refractivity contribution < 1.29 is 18.9 Å². The number of aromatic nitrogens is 1. The Morgan fingerprint density at radius 3 is 2.63 bits per heavy atom. The van der Waals surface area contributed by atoms with Crippen molar-refractivity contribution in [1.82, 2.24) is 10.3 Å². The van der Waals surface area contributed by atoms with E-state index in [4.69, 9.17) is 5.11 Å². The fourth-order valence-corrected chi connectivity index (χ4v) is 1.76. The molecular weight excluding hydrogens is 268 g/mol. The van der Waals surface area contributed by atoms with Gasteiger partial charge in [0.15, 0.2) is 0 Å². The zero-order chi connectivity index (χ0) is 14.4. The fraction of sp³-hybridized carbons (Fsp3) is 0.417. The summed E-state index contributed by atoms with van der Waals surface area (Å²) in [5, 5.41) is 11.4. The van der Waals surface area contributed by atoms with Crippen LogP contribution in [0.15, 0.2) is 18.3 Å². The van der Waals surface area contributed by atoms with Crippen LogP contribution in [0.2, 0.25) is 0 Å². The highest BCUT2D eigenvalue weighted by Crippen LogP contribution is 2.02. The van der Waals surface area contributed by atoms with Crippen molar-refractivity contribution in [1.29, 1.82) is 0 Å². The quantitative estimate of drug-likeness (QED) is 0.800. The van der Waals surface area contributed by atoms with Crippen LogP contribution < -0.4 is 5.32 Å². The first kappa shape index (κ1) is 15.3. The number of nitrogens with zero attached hydrogens (tertiary/aromatic N) is 1.